The Bertz CT molecular complexity index is 326. The molecule has 0 aliphatic rings. The van der Waals surface area contributed by atoms with Crippen LogP contribution in [0.1, 0.15) is 40.0 Å². The molecule has 0 saturated heterocycles. The van der Waals surface area contributed by atoms with E-state index in [9.17, 15) is 9.59 Å². The zero-order valence-electron chi connectivity index (χ0n) is 13.9. The lowest BCUT2D eigenvalue weighted by Crippen LogP contribution is -2.40. The van der Waals surface area contributed by atoms with Crippen LogP contribution >= 0.6 is 0 Å². The molecule has 2 amide bonds. The van der Waals surface area contributed by atoms with E-state index in [0.29, 0.717) is 26.1 Å². The molecule has 0 bridgehead atoms. The van der Waals surface area contributed by atoms with Gasteiger partial charge in [-0.25, -0.2) is 4.79 Å². The lowest BCUT2D eigenvalue weighted by molar-refractivity contribution is -0.137. The maximum atomic E-state index is 11.8. The van der Waals surface area contributed by atoms with Crippen LogP contribution < -0.4 is 5.32 Å². The Hall–Kier alpha value is -1.30. The van der Waals surface area contributed by atoms with E-state index in [2.05, 4.69) is 26.1 Å². The smallest absolute Gasteiger partial charge is 0.317 e. The third kappa shape index (κ3) is 9.28. The Morgan fingerprint density at radius 1 is 1.29 bits per heavy atom. The molecule has 0 aliphatic heterocycles. The van der Waals surface area contributed by atoms with Gasteiger partial charge in [0.25, 0.3) is 0 Å². The highest BCUT2D eigenvalue weighted by Crippen LogP contribution is 2.32. The molecule has 2 N–H and O–H groups in total. The second kappa shape index (κ2) is 9.60. The van der Waals surface area contributed by atoms with Crippen molar-refractivity contribution in [1.29, 1.82) is 0 Å². The molecular formula is C15H30N2O4. The van der Waals surface area contributed by atoms with Gasteiger partial charge < -0.3 is 20.1 Å². The van der Waals surface area contributed by atoms with Crippen LogP contribution in [-0.2, 0) is 9.53 Å². The number of urea groups is 1. The largest absolute Gasteiger partial charge is 0.481 e. The topological polar surface area (TPSA) is 78.9 Å². The van der Waals surface area contributed by atoms with E-state index in [1.807, 2.05) is 0 Å². The van der Waals surface area contributed by atoms with Crippen molar-refractivity contribution in [3.05, 3.63) is 0 Å². The molecule has 0 rings (SSSR count). The van der Waals surface area contributed by atoms with Gasteiger partial charge in [-0.15, -0.1) is 0 Å². The van der Waals surface area contributed by atoms with Gasteiger partial charge in [0.2, 0.25) is 0 Å². The number of amides is 2. The predicted molar refractivity (Wildman–Crippen MR) is 82.3 cm³/mol. The SMILES string of the molecule is COCCN(C)C(=O)NCCC(CCC(=O)O)C(C)(C)C. The second-order valence-electron chi connectivity index (χ2n) is 6.43. The highest BCUT2D eigenvalue weighted by Gasteiger charge is 2.25. The van der Waals surface area contributed by atoms with Crippen molar-refractivity contribution in [1.82, 2.24) is 10.2 Å². The number of likely N-dealkylation sites (N-methyl/N-ethyl adjacent to an activating group) is 1. The monoisotopic (exact) mass is 302 g/mol. The fourth-order valence-electron chi connectivity index (χ4n) is 2.13. The van der Waals surface area contributed by atoms with Gasteiger partial charge >= 0.3 is 12.0 Å². The standard InChI is InChI=1S/C15H30N2O4/c1-15(2,3)12(6-7-13(18)19)8-9-16-14(20)17(4)10-11-21-5/h12H,6-11H2,1-5H3,(H,16,20)(H,18,19). The molecule has 0 heterocycles. The van der Waals surface area contributed by atoms with Crippen molar-refractivity contribution < 1.29 is 19.4 Å². The number of methoxy groups -OCH3 is 1. The zero-order chi connectivity index (χ0) is 16.5. The Kier molecular flexibility index (Phi) is 9.01. The van der Waals surface area contributed by atoms with Gasteiger partial charge in [0, 0.05) is 33.7 Å². The average Bonchev–Trinajstić information content (AvgIpc) is 2.37. The van der Waals surface area contributed by atoms with Crippen LogP contribution in [0, 0.1) is 11.3 Å². The molecule has 0 radical (unpaired) electrons. The van der Waals surface area contributed by atoms with Crippen molar-refractivity contribution in [2.75, 3.05) is 33.9 Å². The van der Waals surface area contributed by atoms with Crippen LogP contribution in [0.2, 0.25) is 0 Å². The number of nitrogens with zero attached hydrogens (tertiary/aromatic N) is 1. The fraction of sp³-hybridized carbons (Fsp3) is 0.867. The molecule has 6 heteroatoms. The maximum Gasteiger partial charge on any atom is 0.317 e. The lowest BCUT2D eigenvalue weighted by atomic mass is 9.76. The first kappa shape index (κ1) is 19.7. The van der Waals surface area contributed by atoms with Crippen LogP contribution in [0.3, 0.4) is 0 Å². The molecule has 0 aromatic carbocycles. The summed E-state index contributed by atoms with van der Waals surface area (Å²) in [5.41, 5.74) is 0.0299. The molecule has 6 nitrogen and oxygen atoms in total. The molecule has 0 aromatic rings. The molecular weight excluding hydrogens is 272 g/mol. The molecule has 0 aliphatic carbocycles. The van der Waals surface area contributed by atoms with Crippen molar-refractivity contribution in [3.63, 3.8) is 0 Å². The lowest BCUT2D eigenvalue weighted by Gasteiger charge is -2.31. The number of carboxylic acid groups (broad SMARTS) is 1. The van der Waals surface area contributed by atoms with E-state index in [1.165, 1.54) is 0 Å². The molecule has 0 saturated carbocycles. The predicted octanol–water partition coefficient (Wildman–Crippen LogP) is 2.19. The normalized spacial score (nSPS) is 12.8. The minimum Gasteiger partial charge on any atom is -0.481 e. The van der Waals surface area contributed by atoms with E-state index in [0.717, 1.165) is 6.42 Å². The summed E-state index contributed by atoms with van der Waals surface area (Å²) in [6.07, 6.45) is 1.58. The van der Waals surface area contributed by atoms with Gasteiger partial charge in [-0.2, -0.15) is 0 Å². The molecule has 21 heavy (non-hydrogen) atoms. The zero-order valence-corrected chi connectivity index (χ0v) is 13.9. The minimum absolute atomic E-state index is 0.0299. The van der Waals surface area contributed by atoms with Crippen LogP contribution in [0.4, 0.5) is 4.79 Å². The van der Waals surface area contributed by atoms with E-state index >= 15 is 0 Å². The Morgan fingerprint density at radius 3 is 2.38 bits per heavy atom. The summed E-state index contributed by atoms with van der Waals surface area (Å²) >= 11 is 0. The first-order valence-corrected chi connectivity index (χ1v) is 7.38. The first-order valence-electron chi connectivity index (χ1n) is 7.38. The third-order valence-corrected chi connectivity index (χ3v) is 3.68. The van der Waals surface area contributed by atoms with Crippen LogP contribution in [0.25, 0.3) is 0 Å². The molecule has 0 spiro atoms. The Balaban J connectivity index is 4.18. The van der Waals surface area contributed by atoms with Crippen LogP contribution in [0.15, 0.2) is 0 Å². The number of nitrogens with one attached hydrogen (secondary N) is 1. The molecule has 124 valence electrons. The number of ether oxygens (including phenoxy) is 1. The van der Waals surface area contributed by atoms with Gasteiger partial charge in [0.1, 0.15) is 0 Å². The summed E-state index contributed by atoms with van der Waals surface area (Å²) in [5.74, 6) is -0.509. The van der Waals surface area contributed by atoms with E-state index in [-0.39, 0.29) is 23.8 Å². The van der Waals surface area contributed by atoms with Crippen molar-refractivity contribution in [3.8, 4) is 0 Å². The number of hydrogen-bond donors (Lipinski definition) is 2. The quantitative estimate of drug-likeness (QED) is 0.684. The minimum atomic E-state index is -0.771. The van der Waals surface area contributed by atoms with Gasteiger partial charge in [0.05, 0.1) is 6.61 Å². The van der Waals surface area contributed by atoms with E-state index < -0.39 is 5.97 Å². The summed E-state index contributed by atoms with van der Waals surface area (Å²) in [4.78, 5) is 24.1. The highest BCUT2D eigenvalue weighted by molar-refractivity contribution is 5.73. The van der Waals surface area contributed by atoms with Gasteiger partial charge in [-0.1, -0.05) is 20.8 Å². The van der Waals surface area contributed by atoms with Crippen molar-refractivity contribution in [2.24, 2.45) is 11.3 Å². The fourth-order valence-corrected chi connectivity index (χ4v) is 2.13. The van der Waals surface area contributed by atoms with E-state index in [4.69, 9.17) is 9.84 Å². The molecule has 1 unspecified atom stereocenters. The van der Waals surface area contributed by atoms with Gasteiger partial charge in [-0.3, -0.25) is 4.79 Å². The second-order valence-corrected chi connectivity index (χ2v) is 6.43. The van der Waals surface area contributed by atoms with E-state index in [1.54, 1.807) is 19.1 Å². The molecule has 0 fully saturated rings. The van der Waals surface area contributed by atoms with Gasteiger partial charge in [-0.05, 0) is 24.2 Å². The van der Waals surface area contributed by atoms with Crippen LogP contribution in [-0.4, -0.2) is 55.9 Å². The Morgan fingerprint density at radius 2 is 1.90 bits per heavy atom. The maximum absolute atomic E-state index is 11.8. The Labute approximate surface area is 127 Å². The molecule has 0 aromatic heterocycles. The number of carbonyl (C=O) groups is 2. The summed E-state index contributed by atoms with van der Waals surface area (Å²) in [7, 11) is 3.32. The van der Waals surface area contributed by atoms with Crippen molar-refractivity contribution in [2.45, 2.75) is 40.0 Å². The van der Waals surface area contributed by atoms with Gasteiger partial charge in [0.15, 0.2) is 0 Å². The number of hydrogen-bond acceptors (Lipinski definition) is 3. The summed E-state index contributed by atoms with van der Waals surface area (Å²) in [6.45, 7) is 7.92. The molecule has 1 atom stereocenters. The third-order valence-electron chi connectivity index (χ3n) is 3.68. The summed E-state index contributed by atoms with van der Waals surface area (Å²) in [5, 5.41) is 11.7. The van der Waals surface area contributed by atoms with Crippen LogP contribution in [0.5, 0.6) is 0 Å². The number of aliphatic carboxylic acids is 1. The highest BCUT2D eigenvalue weighted by atomic mass is 16.5. The number of carbonyl (C=O) groups excluding carboxylic acids is 1. The number of rotatable bonds is 9. The summed E-state index contributed by atoms with van der Waals surface area (Å²) in [6, 6.07) is -0.127. The average molecular weight is 302 g/mol. The summed E-state index contributed by atoms with van der Waals surface area (Å²) < 4.78 is 4.93. The number of carboxylic acids is 1. The first-order chi connectivity index (χ1) is 9.68. The van der Waals surface area contributed by atoms with Crippen molar-refractivity contribution >= 4 is 12.0 Å².